The van der Waals surface area contributed by atoms with E-state index in [4.69, 9.17) is 0 Å². The van der Waals surface area contributed by atoms with Crippen LogP contribution in [0.3, 0.4) is 0 Å². The fourth-order valence-electron chi connectivity index (χ4n) is 4.98. The van der Waals surface area contributed by atoms with Crippen LogP contribution in [0.5, 0.6) is 0 Å². The maximum absolute atomic E-state index is 12.8. The minimum absolute atomic E-state index is 0.0477. The summed E-state index contributed by atoms with van der Waals surface area (Å²) in [6.45, 7) is 6.18. The summed E-state index contributed by atoms with van der Waals surface area (Å²) in [5.74, 6) is 1.72. The van der Waals surface area contributed by atoms with Crippen molar-refractivity contribution in [1.29, 1.82) is 0 Å². The first kappa shape index (κ1) is 17.6. The molecule has 1 aromatic carbocycles. The van der Waals surface area contributed by atoms with Gasteiger partial charge in [-0.3, -0.25) is 9.59 Å². The molecule has 3 fully saturated rings. The quantitative estimate of drug-likeness (QED) is 0.902. The molecule has 4 heteroatoms. The highest BCUT2D eigenvalue weighted by Crippen LogP contribution is 2.45. The summed E-state index contributed by atoms with van der Waals surface area (Å²) in [5, 5.41) is 3.09. The first-order valence-corrected chi connectivity index (χ1v) is 10.2. The third kappa shape index (κ3) is 3.26. The Labute approximate surface area is 156 Å². The molecule has 0 bridgehead atoms. The molecule has 0 aromatic heterocycles. The van der Waals surface area contributed by atoms with Crippen molar-refractivity contribution in [2.45, 2.75) is 69.7 Å². The predicted molar refractivity (Wildman–Crippen MR) is 102 cm³/mol. The average Bonchev–Trinajstić information content (AvgIpc) is 3.02. The Kier molecular flexibility index (Phi) is 4.54. The molecule has 2 heterocycles. The van der Waals surface area contributed by atoms with E-state index >= 15 is 0 Å². The highest BCUT2D eigenvalue weighted by Gasteiger charge is 2.51. The zero-order valence-corrected chi connectivity index (χ0v) is 16.0. The molecule has 2 amide bonds. The molecule has 0 atom stereocenters. The smallest absolute Gasteiger partial charge is 0.225 e. The summed E-state index contributed by atoms with van der Waals surface area (Å²) in [4.78, 5) is 26.3. The van der Waals surface area contributed by atoms with Gasteiger partial charge in [-0.1, -0.05) is 38.1 Å². The molecule has 0 unspecified atom stereocenters. The van der Waals surface area contributed by atoms with Crippen molar-refractivity contribution in [3.8, 4) is 0 Å². The lowest BCUT2D eigenvalue weighted by atomic mass is 9.67. The molecule has 1 N–H and O–H groups in total. The van der Waals surface area contributed by atoms with Crippen molar-refractivity contribution in [3.63, 3.8) is 0 Å². The van der Waals surface area contributed by atoms with Crippen LogP contribution in [0.1, 0.15) is 75.3 Å². The first-order valence-electron chi connectivity index (χ1n) is 10.2. The summed E-state index contributed by atoms with van der Waals surface area (Å²) in [7, 11) is 0. The number of benzene rings is 1. The van der Waals surface area contributed by atoms with Crippen LogP contribution in [0.25, 0.3) is 0 Å². The van der Waals surface area contributed by atoms with Gasteiger partial charge in [0.05, 0.1) is 0 Å². The number of hydrogen-bond donors (Lipinski definition) is 1. The molecule has 2 saturated heterocycles. The molecule has 4 nitrogen and oxygen atoms in total. The molecular weight excluding hydrogens is 324 g/mol. The van der Waals surface area contributed by atoms with Crippen LogP contribution in [-0.4, -0.2) is 35.3 Å². The summed E-state index contributed by atoms with van der Waals surface area (Å²) in [5.41, 5.74) is 2.76. The number of carbonyl (C=O) groups excluding carboxylic acids is 2. The van der Waals surface area contributed by atoms with E-state index in [1.165, 1.54) is 11.1 Å². The van der Waals surface area contributed by atoms with Gasteiger partial charge < -0.3 is 10.2 Å². The molecule has 1 saturated carbocycles. The number of carbonyl (C=O) groups is 2. The Morgan fingerprint density at radius 1 is 1.15 bits per heavy atom. The maximum Gasteiger partial charge on any atom is 0.225 e. The van der Waals surface area contributed by atoms with Crippen molar-refractivity contribution >= 4 is 11.8 Å². The number of rotatable bonds is 3. The van der Waals surface area contributed by atoms with E-state index in [9.17, 15) is 9.59 Å². The van der Waals surface area contributed by atoms with Gasteiger partial charge in [-0.2, -0.15) is 0 Å². The molecule has 26 heavy (non-hydrogen) atoms. The van der Waals surface area contributed by atoms with Crippen LogP contribution in [0.4, 0.5) is 0 Å². The lowest BCUT2D eigenvalue weighted by Crippen LogP contribution is -2.57. The fourth-order valence-corrected chi connectivity index (χ4v) is 4.98. The van der Waals surface area contributed by atoms with E-state index in [1.807, 2.05) is 0 Å². The molecule has 1 aromatic rings. The molecule has 0 radical (unpaired) electrons. The Morgan fingerprint density at radius 3 is 2.35 bits per heavy atom. The first-order chi connectivity index (χ1) is 12.5. The van der Waals surface area contributed by atoms with E-state index in [0.29, 0.717) is 24.2 Å². The van der Waals surface area contributed by atoms with Crippen LogP contribution in [-0.2, 0) is 9.59 Å². The minimum atomic E-state index is -0.0477. The van der Waals surface area contributed by atoms with Crippen LogP contribution in [0, 0.1) is 5.92 Å². The van der Waals surface area contributed by atoms with E-state index in [-0.39, 0.29) is 17.4 Å². The highest BCUT2D eigenvalue weighted by molar-refractivity contribution is 5.83. The lowest BCUT2D eigenvalue weighted by molar-refractivity contribution is -0.142. The zero-order chi connectivity index (χ0) is 18.3. The normalized spacial score (nSPS) is 29.1. The largest absolute Gasteiger partial charge is 0.351 e. The SMILES string of the molecule is CC(C)c1ccc(C2CCN(C(=O)C3CC4(CCC(=O)N4)C3)CC2)cc1. The van der Waals surface area contributed by atoms with Gasteiger partial charge in [0.25, 0.3) is 0 Å². The van der Waals surface area contributed by atoms with Crippen molar-refractivity contribution in [3.05, 3.63) is 35.4 Å². The summed E-state index contributed by atoms with van der Waals surface area (Å²) in [6.07, 6.45) is 5.33. The Hall–Kier alpha value is -1.84. The van der Waals surface area contributed by atoms with Crippen LogP contribution >= 0.6 is 0 Å². The number of amides is 2. The van der Waals surface area contributed by atoms with Crippen LogP contribution in [0.2, 0.25) is 0 Å². The molecule has 1 spiro atoms. The van der Waals surface area contributed by atoms with Crippen molar-refractivity contribution in [2.24, 2.45) is 5.92 Å². The van der Waals surface area contributed by atoms with Crippen molar-refractivity contribution in [2.75, 3.05) is 13.1 Å². The van der Waals surface area contributed by atoms with Crippen molar-refractivity contribution < 1.29 is 9.59 Å². The second-order valence-corrected chi connectivity index (χ2v) is 8.85. The van der Waals surface area contributed by atoms with E-state index in [0.717, 1.165) is 45.2 Å². The second kappa shape index (κ2) is 6.71. The minimum Gasteiger partial charge on any atom is -0.351 e. The topological polar surface area (TPSA) is 49.4 Å². The molecular formula is C22H30N2O2. The lowest BCUT2D eigenvalue weighted by Gasteiger charge is -2.46. The third-order valence-electron chi connectivity index (χ3n) is 6.74. The maximum atomic E-state index is 12.8. The second-order valence-electron chi connectivity index (χ2n) is 8.85. The molecule has 4 rings (SSSR count). The monoisotopic (exact) mass is 354 g/mol. The number of hydrogen-bond acceptors (Lipinski definition) is 2. The molecule has 2 aliphatic heterocycles. The van der Waals surface area contributed by atoms with Crippen LogP contribution < -0.4 is 5.32 Å². The molecule has 140 valence electrons. The van der Waals surface area contributed by atoms with Gasteiger partial charge in [0.2, 0.25) is 11.8 Å². The average molecular weight is 354 g/mol. The van der Waals surface area contributed by atoms with E-state index < -0.39 is 0 Å². The third-order valence-corrected chi connectivity index (χ3v) is 6.74. The van der Waals surface area contributed by atoms with Gasteiger partial charge in [-0.05, 0) is 55.1 Å². The predicted octanol–water partition coefficient (Wildman–Crippen LogP) is 3.57. The summed E-state index contributed by atoms with van der Waals surface area (Å²) >= 11 is 0. The molecule has 3 aliphatic rings. The summed E-state index contributed by atoms with van der Waals surface area (Å²) < 4.78 is 0. The van der Waals surface area contributed by atoms with Gasteiger partial charge in [0, 0.05) is 31.0 Å². The van der Waals surface area contributed by atoms with E-state index in [2.05, 4.69) is 48.3 Å². The van der Waals surface area contributed by atoms with E-state index in [1.54, 1.807) is 0 Å². The Balaban J connectivity index is 1.28. The standard InChI is InChI=1S/C22H30N2O2/c1-15(2)16-3-5-17(6-4-16)18-8-11-24(12-9-18)21(26)19-13-22(14-19)10-7-20(25)23-22/h3-6,15,18-19H,7-14H2,1-2H3,(H,23,25). The Morgan fingerprint density at radius 2 is 1.81 bits per heavy atom. The van der Waals surface area contributed by atoms with Gasteiger partial charge in [-0.25, -0.2) is 0 Å². The Bertz CT molecular complexity index is 681. The zero-order valence-electron chi connectivity index (χ0n) is 16.0. The van der Waals surface area contributed by atoms with Crippen molar-refractivity contribution in [1.82, 2.24) is 10.2 Å². The number of nitrogens with one attached hydrogen (secondary N) is 1. The van der Waals surface area contributed by atoms with Gasteiger partial charge >= 0.3 is 0 Å². The van der Waals surface area contributed by atoms with Gasteiger partial charge in [0.1, 0.15) is 0 Å². The van der Waals surface area contributed by atoms with Crippen LogP contribution in [0.15, 0.2) is 24.3 Å². The number of nitrogens with zero attached hydrogens (tertiary/aromatic N) is 1. The highest BCUT2D eigenvalue weighted by atomic mass is 16.2. The number of piperidine rings is 1. The fraction of sp³-hybridized carbons (Fsp3) is 0.636. The summed E-state index contributed by atoms with van der Waals surface area (Å²) in [6, 6.07) is 9.05. The molecule has 1 aliphatic carbocycles. The van der Waals surface area contributed by atoms with Gasteiger partial charge in [-0.15, -0.1) is 0 Å². The van der Waals surface area contributed by atoms with Gasteiger partial charge in [0.15, 0.2) is 0 Å². The number of likely N-dealkylation sites (tertiary alicyclic amines) is 1.